The summed E-state index contributed by atoms with van der Waals surface area (Å²) < 4.78 is 1.68. The molecule has 4 aromatic rings. The largest absolute Gasteiger partial charge is 0.351 e. The van der Waals surface area contributed by atoms with E-state index in [-0.39, 0.29) is 17.4 Å². The number of benzene rings is 3. The van der Waals surface area contributed by atoms with E-state index in [2.05, 4.69) is 53.6 Å². The summed E-state index contributed by atoms with van der Waals surface area (Å²) in [7, 11) is 2.13. The first-order valence-electron chi connectivity index (χ1n) is 14.1. The molecule has 1 saturated heterocycles. The number of anilines is 2. The Balaban J connectivity index is 1.32. The maximum Gasteiger partial charge on any atom is 0.324 e. The molecule has 1 aliphatic heterocycles. The van der Waals surface area contributed by atoms with Gasteiger partial charge in [0, 0.05) is 61.7 Å². The van der Waals surface area contributed by atoms with Gasteiger partial charge >= 0.3 is 6.03 Å². The summed E-state index contributed by atoms with van der Waals surface area (Å²) in [6.45, 7) is 11.8. The normalized spacial score (nSPS) is 14.6. The number of fused-ring (bicyclic) bond motifs is 1. The summed E-state index contributed by atoms with van der Waals surface area (Å²) in [5, 5.41) is 15.8. The molecule has 0 unspecified atom stereocenters. The molecule has 1 aromatic heterocycles. The zero-order chi connectivity index (χ0) is 29.0. The SMILES string of the molecule is CN1CCN(CCNC(=O)c2cccc(-n3nc(C(C)(C)C)cc3NC(=O)Nc3cccc4ccccc34)c2)CC1. The van der Waals surface area contributed by atoms with Crippen LogP contribution in [0.25, 0.3) is 16.5 Å². The van der Waals surface area contributed by atoms with E-state index in [9.17, 15) is 9.59 Å². The smallest absolute Gasteiger partial charge is 0.324 e. The number of aromatic nitrogens is 2. The fourth-order valence-electron chi connectivity index (χ4n) is 4.92. The molecule has 3 N–H and O–H groups in total. The molecule has 3 amide bonds. The topological polar surface area (TPSA) is 94.5 Å². The summed E-state index contributed by atoms with van der Waals surface area (Å²) in [6.07, 6.45) is 0. The first kappa shape index (κ1) is 28.3. The molecule has 0 atom stereocenters. The number of hydrogen-bond donors (Lipinski definition) is 3. The Morgan fingerprint density at radius 3 is 2.39 bits per heavy atom. The van der Waals surface area contributed by atoms with Crippen molar-refractivity contribution in [2.75, 3.05) is 56.9 Å². The predicted octanol–water partition coefficient (Wildman–Crippen LogP) is 4.94. The van der Waals surface area contributed by atoms with Gasteiger partial charge in [0.05, 0.1) is 17.1 Å². The van der Waals surface area contributed by atoms with Crippen LogP contribution >= 0.6 is 0 Å². The average molecular weight is 554 g/mol. The van der Waals surface area contributed by atoms with Crippen LogP contribution in [0.15, 0.2) is 72.8 Å². The highest BCUT2D eigenvalue weighted by Crippen LogP contribution is 2.28. The molecule has 9 heteroatoms. The molecule has 0 saturated carbocycles. The van der Waals surface area contributed by atoms with E-state index in [1.807, 2.05) is 60.7 Å². The van der Waals surface area contributed by atoms with Gasteiger partial charge in [-0.1, -0.05) is 63.2 Å². The van der Waals surface area contributed by atoms with Gasteiger partial charge in [0.1, 0.15) is 5.82 Å². The van der Waals surface area contributed by atoms with Crippen LogP contribution in [0, 0.1) is 0 Å². The van der Waals surface area contributed by atoms with Crippen molar-refractivity contribution in [2.45, 2.75) is 26.2 Å². The number of piperazine rings is 1. The van der Waals surface area contributed by atoms with Crippen molar-refractivity contribution in [1.29, 1.82) is 0 Å². The monoisotopic (exact) mass is 553 g/mol. The lowest BCUT2D eigenvalue weighted by Gasteiger charge is -2.32. The minimum Gasteiger partial charge on any atom is -0.351 e. The number of likely N-dealkylation sites (N-methyl/N-ethyl adjacent to an activating group) is 1. The van der Waals surface area contributed by atoms with Crippen molar-refractivity contribution in [3.05, 3.63) is 84.1 Å². The highest BCUT2D eigenvalue weighted by molar-refractivity contribution is 6.06. The second-order valence-electron chi connectivity index (χ2n) is 11.6. The fraction of sp³-hybridized carbons (Fsp3) is 0.344. The maximum atomic E-state index is 13.2. The maximum absolute atomic E-state index is 13.2. The van der Waals surface area contributed by atoms with Crippen molar-refractivity contribution in [3.63, 3.8) is 0 Å². The number of hydrogen-bond acceptors (Lipinski definition) is 5. The number of amides is 3. The number of carbonyl (C=O) groups is 2. The van der Waals surface area contributed by atoms with E-state index in [0.29, 0.717) is 23.6 Å². The Bertz CT molecular complexity index is 1530. The summed E-state index contributed by atoms with van der Waals surface area (Å²) in [6, 6.07) is 22.6. The predicted molar refractivity (Wildman–Crippen MR) is 165 cm³/mol. The third-order valence-corrected chi connectivity index (χ3v) is 7.42. The molecule has 214 valence electrons. The Morgan fingerprint density at radius 1 is 0.878 bits per heavy atom. The minimum absolute atomic E-state index is 0.132. The lowest BCUT2D eigenvalue weighted by molar-refractivity contribution is 0.0941. The van der Waals surface area contributed by atoms with Crippen LogP contribution in [0.1, 0.15) is 36.8 Å². The first-order valence-corrected chi connectivity index (χ1v) is 14.1. The van der Waals surface area contributed by atoms with E-state index < -0.39 is 0 Å². The van der Waals surface area contributed by atoms with Gasteiger partial charge in [-0.2, -0.15) is 5.10 Å². The number of urea groups is 1. The van der Waals surface area contributed by atoms with Crippen molar-refractivity contribution >= 4 is 34.2 Å². The summed E-state index contributed by atoms with van der Waals surface area (Å²) >= 11 is 0. The molecule has 0 spiro atoms. The number of carbonyl (C=O) groups excluding carboxylic acids is 2. The Hall–Kier alpha value is -4.21. The highest BCUT2D eigenvalue weighted by Gasteiger charge is 2.22. The zero-order valence-corrected chi connectivity index (χ0v) is 24.3. The van der Waals surface area contributed by atoms with Gasteiger partial charge < -0.3 is 15.5 Å². The van der Waals surface area contributed by atoms with Gasteiger partial charge in [-0.15, -0.1) is 0 Å². The van der Waals surface area contributed by atoms with Gasteiger partial charge in [0.25, 0.3) is 5.91 Å². The summed E-state index contributed by atoms with van der Waals surface area (Å²) in [5.74, 6) is 0.382. The molecule has 0 radical (unpaired) electrons. The van der Waals surface area contributed by atoms with E-state index in [0.717, 1.165) is 54.9 Å². The average Bonchev–Trinajstić information content (AvgIpc) is 3.39. The number of rotatable bonds is 7. The highest BCUT2D eigenvalue weighted by atomic mass is 16.2. The summed E-state index contributed by atoms with van der Waals surface area (Å²) in [5.41, 5.74) is 2.52. The van der Waals surface area contributed by atoms with Crippen LogP contribution < -0.4 is 16.0 Å². The molecule has 1 fully saturated rings. The second kappa shape index (κ2) is 12.1. The third kappa shape index (κ3) is 6.93. The first-order chi connectivity index (χ1) is 19.7. The van der Waals surface area contributed by atoms with Crippen LogP contribution in [0.4, 0.5) is 16.3 Å². The molecule has 2 heterocycles. The number of nitrogens with zero attached hydrogens (tertiary/aromatic N) is 4. The molecule has 3 aromatic carbocycles. The van der Waals surface area contributed by atoms with Gasteiger partial charge in [0.15, 0.2) is 0 Å². The fourth-order valence-corrected chi connectivity index (χ4v) is 4.92. The summed E-state index contributed by atoms with van der Waals surface area (Å²) in [4.78, 5) is 30.9. The zero-order valence-electron chi connectivity index (χ0n) is 24.3. The van der Waals surface area contributed by atoms with Gasteiger partial charge in [-0.25, -0.2) is 9.48 Å². The molecule has 1 aliphatic rings. The Morgan fingerprint density at radius 2 is 1.61 bits per heavy atom. The lowest BCUT2D eigenvalue weighted by Crippen LogP contribution is -2.46. The second-order valence-corrected chi connectivity index (χ2v) is 11.6. The lowest BCUT2D eigenvalue weighted by atomic mass is 9.92. The molecule has 41 heavy (non-hydrogen) atoms. The standard InChI is InChI=1S/C32H39N7O2/c1-32(2,3)28-22-29(35-31(41)34-27-14-8-10-23-9-5-6-13-26(23)27)39(36-28)25-12-7-11-24(21-25)30(40)33-15-16-38-19-17-37(4)18-20-38/h5-14,21-22H,15-20H2,1-4H3,(H,33,40)(H2,34,35,41). The van der Waals surface area contributed by atoms with Gasteiger partial charge in [0.2, 0.25) is 0 Å². The molecule has 0 bridgehead atoms. The van der Waals surface area contributed by atoms with Crippen molar-refractivity contribution in [1.82, 2.24) is 24.9 Å². The molecular formula is C32H39N7O2. The number of nitrogens with one attached hydrogen (secondary N) is 3. The Kier molecular flexibility index (Phi) is 8.37. The van der Waals surface area contributed by atoms with Gasteiger partial charge in [-0.05, 0) is 36.7 Å². The van der Waals surface area contributed by atoms with Gasteiger partial charge in [-0.3, -0.25) is 15.0 Å². The quantitative estimate of drug-likeness (QED) is 0.301. The molecular weight excluding hydrogens is 514 g/mol. The van der Waals surface area contributed by atoms with E-state index in [4.69, 9.17) is 5.10 Å². The third-order valence-electron chi connectivity index (χ3n) is 7.42. The van der Waals surface area contributed by atoms with E-state index in [1.165, 1.54) is 0 Å². The van der Waals surface area contributed by atoms with Crippen molar-refractivity contribution < 1.29 is 9.59 Å². The van der Waals surface area contributed by atoms with E-state index >= 15 is 0 Å². The van der Waals surface area contributed by atoms with E-state index in [1.54, 1.807) is 16.8 Å². The van der Waals surface area contributed by atoms with Crippen LogP contribution in [0.5, 0.6) is 0 Å². The van der Waals surface area contributed by atoms with Crippen molar-refractivity contribution in [3.8, 4) is 5.69 Å². The van der Waals surface area contributed by atoms with Crippen LogP contribution in [-0.4, -0.2) is 77.8 Å². The molecule has 5 rings (SSSR count). The minimum atomic E-state index is -0.374. The van der Waals surface area contributed by atoms with Crippen LogP contribution in [0.2, 0.25) is 0 Å². The van der Waals surface area contributed by atoms with Crippen molar-refractivity contribution in [2.24, 2.45) is 0 Å². The Labute approximate surface area is 241 Å². The molecule has 9 nitrogen and oxygen atoms in total. The van der Waals surface area contributed by atoms with Crippen LogP contribution in [0.3, 0.4) is 0 Å². The molecule has 0 aliphatic carbocycles. The van der Waals surface area contributed by atoms with Crippen LogP contribution in [-0.2, 0) is 5.41 Å².